The van der Waals surface area contributed by atoms with E-state index in [4.69, 9.17) is 4.42 Å². The normalized spacial score (nSPS) is 17.1. The molecule has 4 rings (SSSR count). The average molecular weight is 501 g/mol. The molecule has 1 amide bonds. The molecule has 2 heterocycles. The van der Waals surface area contributed by atoms with E-state index in [1.807, 2.05) is 31.2 Å². The molecule has 1 fully saturated rings. The first-order valence-electron chi connectivity index (χ1n) is 11.3. The van der Waals surface area contributed by atoms with Gasteiger partial charge in [-0.2, -0.15) is 4.31 Å². The Hall–Kier alpha value is -2.69. The Labute approximate surface area is 204 Å². The number of thioether (sulfide) groups is 1. The summed E-state index contributed by atoms with van der Waals surface area (Å²) in [6.07, 6.45) is 2.75. The predicted octanol–water partition coefficient (Wildman–Crippen LogP) is 5.05. The van der Waals surface area contributed by atoms with Crippen molar-refractivity contribution in [3.8, 4) is 11.5 Å². The van der Waals surface area contributed by atoms with Crippen molar-refractivity contribution in [3.63, 3.8) is 0 Å². The van der Waals surface area contributed by atoms with Crippen LogP contribution in [-0.2, 0) is 10.0 Å². The molecule has 1 unspecified atom stereocenters. The number of rotatable bonds is 7. The first-order valence-corrected chi connectivity index (χ1v) is 13.6. The lowest BCUT2D eigenvalue weighted by atomic mass is 10.1. The van der Waals surface area contributed by atoms with E-state index in [1.54, 1.807) is 16.1 Å². The quantitative estimate of drug-likeness (QED) is 0.452. The molecule has 10 heteroatoms. The van der Waals surface area contributed by atoms with Gasteiger partial charge in [-0.1, -0.05) is 31.4 Å². The van der Waals surface area contributed by atoms with Gasteiger partial charge in [0.2, 0.25) is 15.9 Å². The molecule has 3 aromatic rings. The van der Waals surface area contributed by atoms with Crippen LogP contribution in [0.15, 0.2) is 62.7 Å². The summed E-state index contributed by atoms with van der Waals surface area (Å²) in [6, 6.07) is 13.6. The number of amides is 1. The molecule has 1 saturated heterocycles. The second-order valence-corrected chi connectivity index (χ2v) is 12.1. The summed E-state index contributed by atoms with van der Waals surface area (Å²) in [5.74, 6) is -0.159. The van der Waals surface area contributed by atoms with Crippen molar-refractivity contribution in [3.05, 3.63) is 54.1 Å². The fraction of sp³-hybridized carbons (Fsp3) is 0.375. The minimum Gasteiger partial charge on any atom is -0.403 e. The predicted molar refractivity (Wildman–Crippen MR) is 132 cm³/mol. The molecule has 0 bridgehead atoms. The fourth-order valence-corrected chi connectivity index (χ4v) is 6.47. The summed E-state index contributed by atoms with van der Waals surface area (Å²) in [6.45, 7) is 6.68. The van der Waals surface area contributed by atoms with Crippen molar-refractivity contribution in [2.24, 2.45) is 0 Å². The van der Waals surface area contributed by atoms with Gasteiger partial charge in [-0.15, -0.1) is 16.9 Å². The third-order valence-corrected chi connectivity index (χ3v) is 8.59. The van der Waals surface area contributed by atoms with Crippen molar-refractivity contribution in [1.82, 2.24) is 14.5 Å². The molecule has 1 aliphatic heterocycles. The summed E-state index contributed by atoms with van der Waals surface area (Å²) >= 11 is 1.73. The molecule has 34 heavy (non-hydrogen) atoms. The summed E-state index contributed by atoms with van der Waals surface area (Å²) in [5, 5.41) is 11.0. The molecule has 0 aliphatic carbocycles. The Kier molecular flexibility index (Phi) is 7.39. The van der Waals surface area contributed by atoms with E-state index in [0.717, 1.165) is 29.7 Å². The van der Waals surface area contributed by atoms with Gasteiger partial charge in [0.05, 0.1) is 4.90 Å². The van der Waals surface area contributed by atoms with E-state index in [0.29, 0.717) is 23.2 Å². The zero-order valence-corrected chi connectivity index (χ0v) is 21.0. The number of aromatic nitrogens is 2. The molecule has 0 saturated carbocycles. The van der Waals surface area contributed by atoms with E-state index >= 15 is 0 Å². The zero-order valence-electron chi connectivity index (χ0n) is 19.4. The van der Waals surface area contributed by atoms with E-state index in [-0.39, 0.29) is 17.0 Å². The molecule has 0 spiro atoms. The average Bonchev–Trinajstić information content (AvgIpc) is 3.27. The summed E-state index contributed by atoms with van der Waals surface area (Å²) < 4.78 is 33.1. The van der Waals surface area contributed by atoms with E-state index in [1.165, 1.54) is 24.3 Å². The number of hydrogen-bond donors (Lipinski definition) is 1. The van der Waals surface area contributed by atoms with Crippen LogP contribution in [0.5, 0.6) is 0 Å². The minimum absolute atomic E-state index is 0.0271. The van der Waals surface area contributed by atoms with Gasteiger partial charge in [0.25, 0.3) is 5.91 Å². The van der Waals surface area contributed by atoms with Gasteiger partial charge in [-0.05, 0) is 62.2 Å². The number of sulfonamides is 1. The maximum atomic E-state index is 13.0. The highest BCUT2D eigenvalue weighted by Gasteiger charge is 2.31. The first kappa shape index (κ1) is 24.4. The third-order valence-electron chi connectivity index (χ3n) is 5.56. The molecule has 0 radical (unpaired) electrons. The summed E-state index contributed by atoms with van der Waals surface area (Å²) in [7, 11) is -3.59. The third kappa shape index (κ3) is 5.51. The largest absolute Gasteiger partial charge is 0.403 e. The first-order chi connectivity index (χ1) is 16.2. The molecule has 1 aromatic heterocycles. The van der Waals surface area contributed by atoms with Gasteiger partial charge in [0.1, 0.15) is 0 Å². The Morgan fingerprint density at radius 2 is 1.91 bits per heavy atom. The number of hydrogen-bond acceptors (Lipinski definition) is 7. The van der Waals surface area contributed by atoms with Gasteiger partial charge >= 0.3 is 6.01 Å². The van der Waals surface area contributed by atoms with Crippen LogP contribution in [0.3, 0.4) is 0 Å². The number of carbonyl (C=O) groups is 1. The number of nitrogens with one attached hydrogen (secondary N) is 1. The number of nitrogens with zero attached hydrogens (tertiary/aromatic N) is 3. The number of anilines is 1. The minimum atomic E-state index is -3.59. The number of piperidine rings is 1. The molecule has 1 atom stereocenters. The van der Waals surface area contributed by atoms with Crippen molar-refractivity contribution >= 4 is 33.7 Å². The lowest BCUT2D eigenvalue weighted by Crippen LogP contribution is -2.41. The monoisotopic (exact) mass is 500 g/mol. The van der Waals surface area contributed by atoms with Gasteiger partial charge < -0.3 is 4.42 Å². The maximum Gasteiger partial charge on any atom is 0.322 e. The molecule has 1 aliphatic rings. The van der Waals surface area contributed by atoms with Gasteiger partial charge in [0, 0.05) is 33.9 Å². The molecular weight excluding hydrogens is 472 g/mol. The molecule has 1 N–H and O–H groups in total. The van der Waals surface area contributed by atoms with Crippen LogP contribution >= 0.6 is 11.8 Å². The van der Waals surface area contributed by atoms with E-state index in [2.05, 4.69) is 29.4 Å². The van der Waals surface area contributed by atoms with Crippen molar-refractivity contribution < 1.29 is 17.6 Å². The van der Waals surface area contributed by atoms with Crippen molar-refractivity contribution in [2.75, 3.05) is 11.9 Å². The lowest BCUT2D eigenvalue weighted by Gasteiger charge is -2.32. The standard InChI is InChI=1S/C24H28N4O4S2/c1-16(2)33-20-9-6-8-19(15-20)23-26-27-24(32-23)25-22(29)18-10-12-21(13-11-18)34(30,31)28-14-5-4-7-17(28)3/h6,8-13,15-17H,4-5,7,14H2,1-3H3,(H,25,27,29). The molecule has 8 nitrogen and oxygen atoms in total. The SMILES string of the molecule is CC(C)Sc1cccc(-c2nnc(NC(=O)c3ccc(S(=O)(=O)N4CCCCC4C)cc3)o2)c1. The Morgan fingerprint density at radius 1 is 1.15 bits per heavy atom. The Bertz CT molecular complexity index is 1260. The molecule has 2 aromatic carbocycles. The summed E-state index contributed by atoms with van der Waals surface area (Å²) in [4.78, 5) is 13.9. The maximum absolute atomic E-state index is 13.0. The van der Waals surface area contributed by atoms with E-state index in [9.17, 15) is 13.2 Å². The molecular formula is C24H28N4O4S2. The van der Waals surface area contributed by atoms with Crippen LogP contribution in [0.25, 0.3) is 11.5 Å². The van der Waals surface area contributed by atoms with Gasteiger partial charge in [-0.3, -0.25) is 10.1 Å². The zero-order chi connectivity index (χ0) is 24.3. The second kappa shape index (κ2) is 10.3. The van der Waals surface area contributed by atoms with Crippen LogP contribution in [0.4, 0.5) is 6.01 Å². The smallest absolute Gasteiger partial charge is 0.322 e. The summed E-state index contributed by atoms with van der Waals surface area (Å²) in [5.41, 5.74) is 1.06. The highest BCUT2D eigenvalue weighted by atomic mass is 32.2. The molecule has 180 valence electrons. The fourth-order valence-electron chi connectivity index (χ4n) is 3.88. The highest BCUT2D eigenvalue weighted by Crippen LogP contribution is 2.28. The van der Waals surface area contributed by atoms with Crippen molar-refractivity contribution in [2.45, 2.75) is 61.1 Å². The van der Waals surface area contributed by atoms with Crippen LogP contribution in [-0.4, -0.2) is 46.7 Å². The highest BCUT2D eigenvalue weighted by molar-refractivity contribution is 7.99. The lowest BCUT2D eigenvalue weighted by molar-refractivity contribution is 0.102. The van der Waals surface area contributed by atoms with Gasteiger partial charge in [0.15, 0.2) is 0 Å². The Morgan fingerprint density at radius 3 is 2.62 bits per heavy atom. The van der Waals surface area contributed by atoms with Crippen molar-refractivity contribution in [1.29, 1.82) is 0 Å². The van der Waals surface area contributed by atoms with Crippen LogP contribution in [0, 0.1) is 0 Å². The second-order valence-electron chi connectivity index (χ2n) is 8.55. The van der Waals surface area contributed by atoms with Gasteiger partial charge in [-0.25, -0.2) is 8.42 Å². The Balaban J connectivity index is 1.44. The van der Waals surface area contributed by atoms with Crippen LogP contribution in [0.1, 0.15) is 50.4 Å². The van der Waals surface area contributed by atoms with Crippen LogP contribution in [0.2, 0.25) is 0 Å². The van der Waals surface area contributed by atoms with Crippen LogP contribution < -0.4 is 5.32 Å². The topological polar surface area (TPSA) is 105 Å². The number of benzene rings is 2. The number of carbonyl (C=O) groups excluding carboxylic acids is 1. The van der Waals surface area contributed by atoms with E-state index < -0.39 is 15.9 Å².